The molecule has 0 amide bonds. The predicted octanol–water partition coefficient (Wildman–Crippen LogP) is 6.42. The van der Waals surface area contributed by atoms with Gasteiger partial charge in [-0.1, -0.05) is 55.4 Å². The fourth-order valence-corrected chi connectivity index (χ4v) is 2.04. The lowest BCUT2D eigenvalue weighted by Gasteiger charge is -2.15. The standard InChI is InChI=1S/C6H13N.C6H15N.C5H13N.C5H10.C4H11N.C3H9N/c1-6(2)4-3-5-7-6;1-5(2)4-6(3)7;1-4(2)5(3)6;1-5(2)3-4-5;1-4(2,3)5;1-3(2)4/h7H,3-5H2,1-2H3;5-6H,4,7H2,1-3H3;4-5H,6H2,1-3H3;3-4H2,1-2H3;5H2,1-3H3;3H,4H2,1-2H3/t;6-;;;;/m.1..../s1. The van der Waals surface area contributed by atoms with Crippen LogP contribution in [-0.4, -0.2) is 35.7 Å². The normalized spacial score (nSPS) is 18.9. The Hall–Kier alpha value is -0.200. The minimum atomic E-state index is 0. The molecule has 2 fully saturated rings. The van der Waals surface area contributed by atoms with E-state index in [1.807, 2.05) is 48.5 Å². The molecule has 5 heteroatoms. The first-order chi connectivity index (χ1) is 14.9. The molecule has 1 aliphatic heterocycles. The lowest BCUT2D eigenvalue weighted by Crippen LogP contribution is -2.31. The molecule has 9 N–H and O–H groups in total. The lowest BCUT2D eigenvalue weighted by molar-refractivity contribution is 0.460. The summed E-state index contributed by atoms with van der Waals surface area (Å²) in [5, 5.41) is 3.40. The van der Waals surface area contributed by atoms with E-state index in [1.165, 1.54) is 32.2 Å². The number of rotatable bonds is 3. The molecule has 0 radical (unpaired) electrons. The zero-order valence-corrected chi connectivity index (χ0v) is 26.4. The summed E-state index contributed by atoms with van der Waals surface area (Å²) < 4.78 is 0. The summed E-state index contributed by atoms with van der Waals surface area (Å²) in [4.78, 5) is 0. The van der Waals surface area contributed by atoms with Gasteiger partial charge in [0.05, 0.1) is 0 Å². The van der Waals surface area contributed by atoms with Gasteiger partial charge in [0.15, 0.2) is 0 Å². The summed E-state index contributed by atoms with van der Waals surface area (Å²) in [7, 11) is 0. The molecule has 1 aliphatic carbocycles. The van der Waals surface area contributed by atoms with Crippen LogP contribution in [0.25, 0.3) is 0 Å². The van der Waals surface area contributed by atoms with Gasteiger partial charge in [0, 0.05) is 23.2 Å². The molecule has 1 heterocycles. The molecule has 0 bridgehead atoms. The third-order valence-electron chi connectivity index (χ3n) is 4.73. The first-order valence-electron chi connectivity index (χ1n) is 13.7. The Bertz CT molecular complexity index is 380. The number of nitrogens with one attached hydrogen (secondary N) is 1. The van der Waals surface area contributed by atoms with Gasteiger partial charge in [-0.2, -0.15) is 0 Å². The molecular formula is C29H71N5. The molecule has 0 aromatic carbocycles. The van der Waals surface area contributed by atoms with E-state index < -0.39 is 0 Å². The first kappa shape index (κ1) is 40.9. The summed E-state index contributed by atoms with van der Waals surface area (Å²) in [6.45, 7) is 32.8. The van der Waals surface area contributed by atoms with Crippen LogP contribution in [0.15, 0.2) is 0 Å². The molecule has 2 rings (SSSR count). The van der Waals surface area contributed by atoms with Crippen LogP contribution in [0.2, 0.25) is 0 Å². The van der Waals surface area contributed by atoms with Crippen molar-refractivity contribution in [2.45, 2.75) is 165 Å². The van der Waals surface area contributed by atoms with Crippen molar-refractivity contribution in [2.75, 3.05) is 6.54 Å². The molecule has 0 spiro atoms. The van der Waals surface area contributed by atoms with Gasteiger partial charge in [-0.05, 0) is 110 Å². The first-order valence-corrected chi connectivity index (χ1v) is 13.7. The van der Waals surface area contributed by atoms with E-state index in [9.17, 15) is 0 Å². The van der Waals surface area contributed by atoms with Crippen molar-refractivity contribution in [2.24, 2.45) is 40.2 Å². The van der Waals surface area contributed by atoms with Crippen LogP contribution in [0.4, 0.5) is 0 Å². The van der Waals surface area contributed by atoms with E-state index >= 15 is 0 Å². The maximum absolute atomic E-state index is 5.49. The van der Waals surface area contributed by atoms with E-state index in [-0.39, 0.29) is 5.54 Å². The van der Waals surface area contributed by atoms with Crippen LogP contribution in [0, 0.1) is 17.3 Å². The van der Waals surface area contributed by atoms with Crippen molar-refractivity contribution in [3.05, 3.63) is 0 Å². The Balaban J connectivity index is -0.000000161. The predicted molar refractivity (Wildman–Crippen MR) is 159 cm³/mol. The summed E-state index contributed by atoms with van der Waals surface area (Å²) >= 11 is 0. The van der Waals surface area contributed by atoms with E-state index in [1.54, 1.807) is 0 Å². The van der Waals surface area contributed by atoms with Crippen molar-refractivity contribution >= 4 is 0 Å². The van der Waals surface area contributed by atoms with Gasteiger partial charge in [-0.3, -0.25) is 0 Å². The summed E-state index contributed by atoms with van der Waals surface area (Å²) in [5.41, 5.74) is 22.6. The van der Waals surface area contributed by atoms with Gasteiger partial charge in [0.1, 0.15) is 0 Å². The Morgan fingerprint density at radius 3 is 1.09 bits per heavy atom. The average Bonchev–Trinajstić information content (AvgIpc) is 3.08. The third kappa shape index (κ3) is 63.5. The second-order valence-corrected chi connectivity index (χ2v) is 13.9. The van der Waals surface area contributed by atoms with Crippen molar-refractivity contribution in [3.63, 3.8) is 0 Å². The summed E-state index contributed by atoms with van der Waals surface area (Å²) in [6.07, 6.45) is 6.74. The molecule has 2 atom stereocenters. The molecule has 1 saturated heterocycles. The zero-order valence-electron chi connectivity index (χ0n) is 26.4. The van der Waals surface area contributed by atoms with Gasteiger partial charge < -0.3 is 28.3 Å². The molecular weight excluding hydrogens is 418 g/mol. The van der Waals surface area contributed by atoms with Crippen LogP contribution in [0.1, 0.15) is 136 Å². The monoisotopic (exact) mass is 490 g/mol. The quantitative estimate of drug-likeness (QED) is 0.313. The second kappa shape index (κ2) is 20.9. The molecule has 0 aromatic rings. The molecule has 34 heavy (non-hydrogen) atoms. The minimum absolute atomic E-state index is 0. The lowest BCUT2D eigenvalue weighted by atomic mass is 10.0. The third-order valence-corrected chi connectivity index (χ3v) is 4.73. The number of nitrogens with two attached hydrogens (primary N) is 4. The van der Waals surface area contributed by atoms with Crippen LogP contribution in [0.5, 0.6) is 0 Å². The van der Waals surface area contributed by atoms with Crippen LogP contribution in [-0.2, 0) is 0 Å². The SMILES string of the molecule is CC(C)(C)N.CC(C)C(C)N.CC(C)C[C@@H](C)N.CC(C)N.CC1(C)CC1.CC1(C)CCCN1. The molecule has 212 valence electrons. The Morgan fingerprint density at radius 2 is 1.06 bits per heavy atom. The molecule has 1 saturated carbocycles. The van der Waals surface area contributed by atoms with Crippen molar-refractivity contribution in [1.29, 1.82) is 0 Å². The van der Waals surface area contributed by atoms with Crippen molar-refractivity contribution in [1.82, 2.24) is 5.32 Å². The average molecular weight is 490 g/mol. The van der Waals surface area contributed by atoms with Crippen molar-refractivity contribution < 1.29 is 0 Å². The molecule has 0 aromatic heterocycles. The molecule has 1 unspecified atom stereocenters. The highest BCUT2D eigenvalue weighted by Crippen LogP contribution is 2.43. The Morgan fingerprint density at radius 1 is 0.765 bits per heavy atom. The second-order valence-electron chi connectivity index (χ2n) is 13.9. The highest BCUT2D eigenvalue weighted by molar-refractivity contribution is 4.83. The van der Waals surface area contributed by atoms with E-state index in [4.69, 9.17) is 22.9 Å². The topological polar surface area (TPSA) is 116 Å². The van der Waals surface area contributed by atoms with Gasteiger partial charge in [-0.25, -0.2) is 0 Å². The maximum Gasteiger partial charge on any atom is 0.0125 e. The summed E-state index contributed by atoms with van der Waals surface area (Å²) in [5.74, 6) is 1.38. The van der Waals surface area contributed by atoms with Crippen LogP contribution >= 0.6 is 0 Å². The van der Waals surface area contributed by atoms with Gasteiger partial charge in [0.25, 0.3) is 0 Å². The highest BCUT2D eigenvalue weighted by atomic mass is 15.0. The zero-order chi connectivity index (χ0) is 28.3. The fourth-order valence-electron chi connectivity index (χ4n) is 2.04. The fraction of sp³-hybridized carbons (Fsp3) is 1.00. The van der Waals surface area contributed by atoms with E-state index in [2.05, 4.69) is 60.7 Å². The van der Waals surface area contributed by atoms with E-state index in [0.717, 1.165) is 17.8 Å². The maximum atomic E-state index is 5.49. The van der Waals surface area contributed by atoms with Gasteiger partial charge in [-0.15, -0.1) is 0 Å². The summed E-state index contributed by atoms with van der Waals surface area (Å²) in [6, 6.07) is 1.06. The van der Waals surface area contributed by atoms with E-state index in [0.29, 0.717) is 29.6 Å². The van der Waals surface area contributed by atoms with Gasteiger partial charge in [0.2, 0.25) is 0 Å². The largest absolute Gasteiger partial charge is 0.328 e. The Kier molecular flexibility index (Phi) is 25.2. The number of hydrogen-bond acceptors (Lipinski definition) is 5. The molecule has 5 nitrogen and oxygen atoms in total. The number of hydrogen-bond donors (Lipinski definition) is 5. The Labute approximate surface area is 217 Å². The van der Waals surface area contributed by atoms with Gasteiger partial charge >= 0.3 is 0 Å². The highest BCUT2D eigenvalue weighted by Gasteiger charge is 2.30. The minimum Gasteiger partial charge on any atom is -0.328 e. The van der Waals surface area contributed by atoms with Crippen LogP contribution in [0.3, 0.4) is 0 Å². The smallest absolute Gasteiger partial charge is 0.0125 e. The molecule has 2 aliphatic rings. The van der Waals surface area contributed by atoms with Crippen molar-refractivity contribution in [3.8, 4) is 0 Å². The van der Waals surface area contributed by atoms with Crippen LogP contribution < -0.4 is 28.3 Å².